The van der Waals surface area contributed by atoms with Crippen LogP contribution in [0.25, 0.3) is 0 Å². The molecule has 1 aromatic rings. The van der Waals surface area contributed by atoms with E-state index in [1.54, 1.807) is 0 Å². The number of halogens is 2. The Balaban J connectivity index is 0.000000605. The second-order valence-electron chi connectivity index (χ2n) is 2.67. The number of hydrogen-bond acceptors (Lipinski definition) is 2. The van der Waals surface area contributed by atoms with Gasteiger partial charge < -0.3 is 10.3 Å². The van der Waals surface area contributed by atoms with Crippen molar-refractivity contribution >= 4 is 24.8 Å². The highest BCUT2D eigenvalue weighted by Gasteiger charge is 2.10. The van der Waals surface area contributed by atoms with Crippen molar-refractivity contribution in [3.63, 3.8) is 0 Å². The lowest BCUT2D eigenvalue weighted by Gasteiger charge is -2.09. The first-order valence-electron chi connectivity index (χ1n) is 3.61. The Morgan fingerprint density at radius 1 is 1.33 bits per heavy atom. The van der Waals surface area contributed by atoms with Crippen molar-refractivity contribution in [2.45, 2.75) is 19.9 Å². The summed E-state index contributed by atoms with van der Waals surface area (Å²) in [6, 6.07) is 0. The van der Waals surface area contributed by atoms with Gasteiger partial charge in [0.2, 0.25) is 0 Å². The van der Waals surface area contributed by atoms with Crippen LogP contribution in [0, 0.1) is 6.92 Å². The van der Waals surface area contributed by atoms with Gasteiger partial charge in [0.1, 0.15) is 5.82 Å². The van der Waals surface area contributed by atoms with Gasteiger partial charge in [-0.25, -0.2) is 4.98 Å². The Morgan fingerprint density at radius 2 is 2.08 bits per heavy atom. The van der Waals surface area contributed by atoms with Crippen molar-refractivity contribution in [2.75, 3.05) is 6.54 Å². The highest BCUT2D eigenvalue weighted by atomic mass is 35.5. The van der Waals surface area contributed by atoms with Gasteiger partial charge in [0.05, 0.1) is 5.69 Å². The first-order valence-corrected chi connectivity index (χ1v) is 3.61. The van der Waals surface area contributed by atoms with E-state index in [0.717, 1.165) is 25.3 Å². The van der Waals surface area contributed by atoms with Crippen LogP contribution in [0.3, 0.4) is 0 Å². The average Bonchev–Trinajstić information content (AvgIpc) is 2.27. The predicted octanol–water partition coefficient (Wildman–Crippen LogP) is 1.21. The number of H-pyrrole nitrogens is 1. The molecule has 0 atom stereocenters. The Labute approximate surface area is 84.2 Å². The minimum atomic E-state index is 0. The highest BCUT2D eigenvalue weighted by Crippen LogP contribution is 2.09. The van der Waals surface area contributed by atoms with Crippen LogP contribution in [0.5, 0.6) is 0 Å². The van der Waals surface area contributed by atoms with Crippen LogP contribution >= 0.6 is 24.8 Å². The van der Waals surface area contributed by atoms with E-state index in [-0.39, 0.29) is 24.8 Å². The minimum Gasteiger partial charge on any atom is -0.346 e. The second kappa shape index (κ2) is 4.70. The first-order chi connectivity index (χ1) is 4.86. The predicted molar refractivity (Wildman–Crippen MR) is 53.2 cm³/mol. The summed E-state index contributed by atoms with van der Waals surface area (Å²) in [5.41, 5.74) is 2.51. The molecule has 2 rings (SSSR count). The van der Waals surface area contributed by atoms with Crippen LogP contribution in [0.4, 0.5) is 0 Å². The van der Waals surface area contributed by atoms with Gasteiger partial charge in [0.15, 0.2) is 0 Å². The maximum Gasteiger partial charge on any atom is 0.103 e. The maximum atomic E-state index is 4.33. The molecule has 0 saturated carbocycles. The summed E-state index contributed by atoms with van der Waals surface area (Å²) in [6.45, 7) is 4.01. The molecule has 0 bridgehead atoms. The molecule has 1 aliphatic heterocycles. The highest BCUT2D eigenvalue weighted by molar-refractivity contribution is 5.85. The van der Waals surface area contributed by atoms with Crippen molar-refractivity contribution in [1.82, 2.24) is 15.3 Å². The summed E-state index contributed by atoms with van der Waals surface area (Å²) in [5, 5.41) is 3.27. The van der Waals surface area contributed by atoms with E-state index in [1.807, 2.05) is 6.92 Å². The van der Waals surface area contributed by atoms with E-state index in [2.05, 4.69) is 15.3 Å². The van der Waals surface area contributed by atoms with Crippen LogP contribution in [0.15, 0.2) is 0 Å². The summed E-state index contributed by atoms with van der Waals surface area (Å²) >= 11 is 0. The molecule has 0 amide bonds. The molecule has 70 valence electrons. The normalized spacial score (nSPS) is 14.1. The van der Waals surface area contributed by atoms with Gasteiger partial charge >= 0.3 is 0 Å². The van der Waals surface area contributed by atoms with Gasteiger partial charge in [-0.15, -0.1) is 24.8 Å². The number of aromatic nitrogens is 2. The maximum absolute atomic E-state index is 4.33. The van der Waals surface area contributed by atoms with Gasteiger partial charge in [0.25, 0.3) is 0 Å². The fraction of sp³-hybridized carbons (Fsp3) is 0.571. The number of aryl methyl sites for hydroxylation is 1. The molecule has 2 heterocycles. The summed E-state index contributed by atoms with van der Waals surface area (Å²) in [7, 11) is 0. The van der Waals surface area contributed by atoms with Crippen molar-refractivity contribution in [1.29, 1.82) is 0 Å². The van der Waals surface area contributed by atoms with Crippen molar-refractivity contribution in [3.05, 3.63) is 17.2 Å². The number of imidazole rings is 1. The molecule has 0 aromatic carbocycles. The van der Waals surface area contributed by atoms with E-state index in [9.17, 15) is 0 Å². The zero-order valence-electron chi connectivity index (χ0n) is 6.89. The Hall–Kier alpha value is -0.250. The van der Waals surface area contributed by atoms with Gasteiger partial charge in [0, 0.05) is 25.2 Å². The first kappa shape index (κ1) is 11.8. The number of nitrogens with zero attached hydrogens (tertiary/aromatic N) is 1. The zero-order chi connectivity index (χ0) is 6.97. The third-order valence-electron chi connectivity index (χ3n) is 1.83. The average molecular weight is 210 g/mol. The summed E-state index contributed by atoms with van der Waals surface area (Å²) in [4.78, 5) is 7.58. The van der Waals surface area contributed by atoms with Crippen LogP contribution in [-0.2, 0) is 13.0 Å². The van der Waals surface area contributed by atoms with Crippen LogP contribution in [0.2, 0.25) is 0 Å². The third-order valence-corrected chi connectivity index (χ3v) is 1.83. The largest absolute Gasteiger partial charge is 0.346 e. The molecule has 0 aliphatic carbocycles. The van der Waals surface area contributed by atoms with Gasteiger partial charge in [-0.1, -0.05) is 0 Å². The van der Waals surface area contributed by atoms with Gasteiger partial charge in [-0.2, -0.15) is 0 Å². The second-order valence-corrected chi connectivity index (χ2v) is 2.67. The number of aromatic amines is 1. The fourth-order valence-corrected chi connectivity index (χ4v) is 1.36. The SMILES string of the molecule is Cc1nc2c([nH]1)CCNC2.Cl.Cl. The number of nitrogens with one attached hydrogen (secondary N) is 2. The molecule has 0 spiro atoms. The smallest absolute Gasteiger partial charge is 0.103 e. The zero-order valence-corrected chi connectivity index (χ0v) is 8.52. The molecule has 1 aliphatic rings. The molecule has 0 radical (unpaired) electrons. The Kier molecular flexibility index (Phi) is 4.60. The van der Waals surface area contributed by atoms with Crippen molar-refractivity contribution in [2.24, 2.45) is 0 Å². The van der Waals surface area contributed by atoms with Gasteiger partial charge in [-0.3, -0.25) is 0 Å². The lowest BCUT2D eigenvalue weighted by molar-refractivity contribution is 0.627. The number of hydrogen-bond donors (Lipinski definition) is 2. The minimum absolute atomic E-state index is 0. The van der Waals surface area contributed by atoms with E-state index in [1.165, 1.54) is 11.4 Å². The topological polar surface area (TPSA) is 40.7 Å². The molecular weight excluding hydrogens is 197 g/mol. The summed E-state index contributed by atoms with van der Waals surface area (Å²) in [5.74, 6) is 1.04. The molecule has 0 saturated heterocycles. The number of fused-ring (bicyclic) bond motifs is 1. The van der Waals surface area contributed by atoms with Crippen LogP contribution in [0.1, 0.15) is 17.2 Å². The van der Waals surface area contributed by atoms with Crippen LogP contribution in [-0.4, -0.2) is 16.5 Å². The van der Waals surface area contributed by atoms with E-state index in [4.69, 9.17) is 0 Å². The lowest BCUT2D eigenvalue weighted by atomic mass is 10.2. The van der Waals surface area contributed by atoms with E-state index >= 15 is 0 Å². The molecular formula is C7H13Cl2N3. The molecule has 5 heteroatoms. The molecule has 1 aromatic heterocycles. The quantitative estimate of drug-likeness (QED) is 0.675. The molecule has 2 N–H and O–H groups in total. The van der Waals surface area contributed by atoms with E-state index < -0.39 is 0 Å². The standard InChI is InChI=1S/C7H11N3.2ClH/c1-5-9-6-2-3-8-4-7(6)10-5;;/h8H,2-4H2,1H3,(H,9,10);2*1H. The van der Waals surface area contributed by atoms with E-state index in [0.29, 0.717) is 0 Å². The fourth-order valence-electron chi connectivity index (χ4n) is 1.36. The van der Waals surface area contributed by atoms with Crippen molar-refractivity contribution < 1.29 is 0 Å². The molecule has 0 fully saturated rings. The molecule has 12 heavy (non-hydrogen) atoms. The van der Waals surface area contributed by atoms with Gasteiger partial charge in [-0.05, 0) is 6.92 Å². The summed E-state index contributed by atoms with van der Waals surface area (Å²) in [6.07, 6.45) is 1.09. The lowest BCUT2D eigenvalue weighted by Crippen LogP contribution is -2.23. The Bertz CT molecular complexity index is 223. The molecule has 0 unspecified atom stereocenters. The third kappa shape index (κ3) is 2.12. The molecule has 3 nitrogen and oxygen atoms in total. The number of rotatable bonds is 0. The monoisotopic (exact) mass is 209 g/mol. The van der Waals surface area contributed by atoms with Crippen LogP contribution < -0.4 is 5.32 Å². The Morgan fingerprint density at radius 3 is 2.75 bits per heavy atom. The summed E-state index contributed by atoms with van der Waals surface area (Å²) < 4.78 is 0. The van der Waals surface area contributed by atoms with Crippen molar-refractivity contribution in [3.8, 4) is 0 Å².